The molecule has 1 nitrogen and oxygen atoms in total. The van der Waals surface area contributed by atoms with Crippen molar-refractivity contribution in [1.29, 1.82) is 0 Å². The average Bonchev–Trinajstić information content (AvgIpc) is 3.36. The van der Waals surface area contributed by atoms with Crippen molar-refractivity contribution in [3.8, 4) is 21.7 Å². The minimum absolute atomic E-state index is 0.0499. The van der Waals surface area contributed by atoms with Gasteiger partial charge in [-0.05, 0) is 87.8 Å². The van der Waals surface area contributed by atoms with Gasteiger partial charge in [-0.3, -0.25) is 4.98 Å². The topological polar surface area (TPSA) is 12.9 Å². The average molecular weight is 478 g/mol. The summed E-state index contributed by atoms with van der Waals surface area (Å²) < 4.78 is 2.63. The maximum atomic E-state index is 4.92. The van der Waals surface area contributed by atoms with Crippen LogP contribution in [0.15, 0.2) is 72.9 Å². The van der Waals surface area contributed by atoms with Crippen molar-refractivity contribution >= 4 is 53.6 Å². The molecule has 0 fully saturated rings. The lowest BCUT2D eigenvalue weighted by atomic mass is 9.82. The molecule has 3 heterocycles. The number of aryl methyl sites for hydroxylation is 2. The van der Waals surface area contributed by atoms with Crippen LogP contribution < -0.4 is 0 Å². The van der Waals surface area contributed by atoms with E-state index in [0.717, 1.165) is 5.69 Å². The van der Waals surface area contributed by atoms with Crippen LogP contribution in [0.4, 0.5) is 0 Å². The molecule has 0 N–H and O–H groups in total. The minimum atomic E-state index is 0.0499. The number of benzene rings is 3. The van der Waals surface area contributed by atoms with E-state index in [1.165, 1.54) is 63.0 Å². The van der Waals surface area contributed by atoms with Crippen LogP contribution in [0.2, 0.25) is 0 Å². The largest absolute Gasteiger partial charge is 0.255 e. The molecule has 0 bridgehead atoms. The van der Waals surface area contributed by atoms with Crippen LogP contribution >= 0.6 is 22.7 Å². The standard InChI is InChI=1S/C31H27NS2/c1-18-14-21-10-11-22(17-27(21)33-18)29-19(2)24-12-13-32-28(30(24)34-29)23-15-20-8-6-7-9-25(20)26(16-23)31(3,4)5/h6-17H,1-5H3. The first-order chi connectivity index (χ1) is 16.3. The Morgan fingerprint density at radius 3 is 2.38 bits per heavy atom. The Morgan fingerprint density at radius 1 is 0.735 bits per heavy atom. The SMILES string of the molecule is Cc1cc2ccc(-c3sc4c(-c5cc(C(C)(C)C)c6ccccc6c5)nccc4c3C)cc2s1. The first kappa shape index (κ1) is 21.5. The number of hydrogen-bond acceptors (Lipinski definition) is 3. The number of fused-ring (bicyclic) bond motifs is 3. The Kier molecular flexibility index (Phi) is 4.91. The van der Waals surface area contributed by atoms with Gasteiger partial charge < -0.3 is 0 Å². The predicted molar refractivity (Wildman–Crippen MR) is 152 cm³/mol. The van der Waals surface area contributed by atoms with Crippen molar-refractivity contribution in [3.63, 3.8) is 0 Å². The van der Waals surface area contributed by atoms with E-state index >= 15 is 0 Å². The minimum Gasteiger partial charge on any atom is -0.255 e. The molecule has 3 aromatic heterocycles. The highest BCUT2D eigenvalue weighted by atomic mass is 32.1. The highest BCUT2D eigenvalue weighted by molar-refractivity contribution is 7.23. The van der Waals surface area contributed by atoms with Crippen molar-refractivity contribution in [2.75, 3.05) is 0 Å². The molecule has 34 heavy (non-hydrogen) atoms. The first-order valence-corrected chi connectivity index (χ1v) is 13.4. The third-order valence-electron chi connectivity index (χ3n) is 6.70. The van der Waals surface area contributed by atoms with Gasteiger partial charge in [-0.25, -0.2) is 0 Å². The Morgan fingerprint density at radius 2 is 1.56 bits per heavy atom. The van der Waals surface area contributed by atoms with Crippen LogP contribution in [0.3, 0.4) is 0 Å². The number of pyridine rings is 1. The second kappa shape index (κ2) is 7.76. The number of aromatic nitrogens is 1. The number of rotatable bonds is 2. The Balaban J connectivity index is 1.58. The van der Waals surface area contributed by atoms with E-state index in [1.54, 1.807) is 0 Å². The lowest BCUT2D eigenvalue weighted by Gasteiger charge is -2.22. The van der Waals surface area contributed by atoms with Crippen molar-refractivity contribution in [1.82, 2.24) is 4.98 Å². The summed E-state index contributed by atoms with van der Waals surface area (Å²) in [5.41, 5.74) is 6.34. The van der Waals surface area contributed by atoms with E-state index in [1.807, 2.05) is 28.9 Å². The van der Waals surface area contributed by atoms with Gasteiger partial charge in [-0.2, -0.15) is 0 Å². The second-order valence-corrected chi connectivity index (χ2v) is 12.5. The van der Waals surface area contributed by atoms with Crippen LogP contribution in [0, 0.1) is 13.8 Å². The molecule has 0 aliphatic heterocycles. The molecule has 0 atom stereocenters. The Labute approximate surface area is 208 Å². The lowest BCUT2D eigenvalue weighted by molar-refractivity contribution is 0.596. The zero-order valence-corrected chi connectivity index (χ0v) is 21.8. The summed E-state index contributed by atoms with van der Waals surface area (Å²) in [7, 11) is 0. The van der Waals surface area contributed by atoms with Gasteiger partial charge in [0.05, 0.1) is 10.4 Å². The molecule has 0 radical (unpaired) electrons. The molecule has 6 aromatic rings. The van der Waals surface area contributed by atoms with Gasteiger partial charge in [0.15, 0.2) is 0 Å². The normalized spacial score (nSPS) is 12.3. The van der Waals surface area contributed by atoms with E-state index in [4.69, 9.17) is 4.98 Å². The van der Waals surface area contributed by atoms with Crippen LogP contribution in [-0.4, -0.2) is 4.98 Å². The molecule has 0 amide bonds. The molecule has 168 valence electrons. The van der Waals surface area contributed by atoms with Crippen LogP contribution in [-0.2, 0) is 5.41 Å². The van der Waals surface area contributed by atoms with Crippen LogP contribution in [0.1, 0.15) is 36.8 Å². The maximum absolute atomic E-state index is 4.92. The van der Waals surface area contributed by atoms with E-state index < -0.39 is 0 Å². The molecule has 0 aliphatic carbocycles. The number of nitrogens with zero attached hydrogens (tertiary/aromatic N) is 1. The van der Waals surface area contributed by atoms with E-state index in [2.05, 4.69) is 101 Å². The van der Waals surface area contributed by atoms with Gasteiger partial charge in [0.25, 0.3) is 0 Å². The maximum Gasteiger partial charge on any atom is 0.0880 e. The molecule has 3 heteroatoms. The highest BCUT2D eigenvalue weighted by Gasteiger charge is 2.21. The molecular weight excluding hydrogens is 450 g/mol. The predicted octanol–water partition coefficient (Wildman–Crippen LogP) is 9.91. The van der Waals surface area contributed by atoms with Crippen molar-refractivity contribution < 1.29 is 0 Å². The molecule has 0 saturated carbocycles. The number of thiophene rings is 2. The van der Waals surface area contributed by atoms with E-state index in [9.17, 15) is 0 Å². The molecule has 6 rings (SSSR count). The van der Waals surface area contributed by atoms with E-state index in [-0.39, 0.29) is 5.41 Å². The smallest absolute Gasteiger partial charge is 0.0880 e. The third kappa shape index (κ3) is 3.46. The summed E-state index contributed by atoms with van der Waals surface area (Å²) in [5.74, 6) is 0. The fourth-order valence-corrected chi connectivity index (χ4v) is 7.28. The number of hydrogen-bond donors (Lipinski definition) is 0. The van der Waals surface area contributed by atoms with Crippen molar-refractivity contribution in [2.45, 2.75) is 40.0 Å². The zero-order chi connectivity index (χ0) is 23.6. The van der Waals surface area contributed by atoms with Crippen molar-refractivity contribution in [2.24, 2.45) is 0 Å². The lowest BCUT2D eigenvalue weighted by Crippen LogP contribution is -2.12. The summed E-state index contributed by atoms with van der Waals surface area (Å²) in [4.78, 5) is 7.62. The van der Waals surface area contributed by atoms with E-state index in [0.29, 0.717) is 0 Å². The summed E-state index contributed by atoms with van der Waals surface area (Å²) in [5, 5.41) is 5.24. The second-order valence-electron chi connectivity index (χ2n) is 10.2. The Hall–Kier alpha value is -3.01. The first-order valence-electron chi connectivity index (χ1n) is 11.7. The monoisotopic (exact) mass is 477 g/mol. The highest BCUT2D eigenvalue weighted by Crippen LogP contribution is 2.44. The zero-order valence-electron chi connectivity index (χ0n) is 20.2. The van der Waals surface area contributed by atoms with Gasteiger partial charge in [0, 0.05) is 26.2 Å². The summed E-state index contributed by atoms with van der Waals surface area (Å²) in [6.45, 7) is 11.3. The quantitative estimate of drug-likeness (QED) is 0.242. The molecular formula is C31H27NS2. The van der Waals surface area contributed by atoms with Gasteiger partial charge in [0.2, 0.25) is 0 Å². The summed E-state index contributed by atoms with van der Waals surface area (Å²) in [6.07, 6.45) is 1.97. The third-order valence-corrected chi connectivity index (χ3v) is 9.08. The summed E-state index contributed by atoms with van der Waals surface area (Å²) in [6, 6.07) is 24.7. The molecule has 0 unspecified atom stereocenters. The van der Waals surface area contributed by atoms with Gasteiger partial charge in [-0.15, -0.1) is 22.7 Å². The van der Waals surface area contributed by atoms with Crippen LogP contribution in [0.5, 0.6) is 0 Å². The molecule has 3 aromatic carbocycles. The van der Waals surface area contributed by atoms with Gasteiger partial charge in [0.1, 0.15) is 0 Å². The Bertz CT molecular complexity index is 1710. The summed E-state index contributed by atoms with van der Waals surface area (Å²) >= 11 is 3.75. The van der Waals surface area contributed by atoms with Gasteiger partial charge >= 0.3 is 0 Å². The van der Waals surface area contributed by atoms with Gasteiger partial charge in [-0.1, -0.05) is 57.2 Å². The van der Waals surface area contributed by atoms with Crippen LogP contribution in [0.25, 0.3) is 52.6 Å². The fourth-order valence-electron chi connectivity index (χ4n) is 5.00. The fraction of sp³-hybridized carbons (Fsp3) is 0.194. The molecule has 0 saturated heterocycles. The van der Waals surface area contributed by atoms with Crippen molar-refractivity contribution in [3.05, 3.63) is 88.9 Å². The molecule has 0 aliphatic rings. The molecule has 0 spiro atoms.